The molecule has 1 aliphatic carbocycles. The van der Waals surface area contributed by atoms with Gasteiger partial charge in [-0.2, -0.15) is 0 Å². The summed E-state index contributed by atoms with van der Waals surface area (Å²) in [5, 5.41) is 2.92. The zero-order chi connectivity index (χ0) is 15.0. The molecule has 1 saturated heterocycles. The number of carbonyl (C=O) groups excluding carboxylic acids is 2. The Morgan fingerprint density at radius 2 is 2.10 bits per heavy atom. The topological polar surface area (TPSA) is 54.3 Å². The molecule has 1 aliphatic heterocycles. The van der Waals surface area contributed by atoms with E-state index in [-0.39, 0.29) is 17.9 Å². The van der Waals surface area contributed by atoms with E-state index in [1.54, 1.807) is 0 Å². The van der Waals surface area contributed by atoms with Crippen molar-refractivity contribution in [3.63, 3.8) is 0 Å². The number of carbonyl (C=O) groups is 2. The zero-order valence-corrected chi connectivity index (χ0v) is 13.7. The molecule has 0 radical (unpaired) electrons. The Morgan fingerprint density at radius 3 is 2.76 bits per heavy atom. The molecule has 1 aromatic heterocycles. The van der Waals surface area contributed by atoms with E-state index in [0.717, 1.165) is 42.4 Å². The minimum Gasteiger partial charge on any atom is -0.352 e. The van der Waals surface area contributed by atoms with Crippen LogP contribution in [0.1, 0.15) is 49.1 Å². The van der Waals surface area contributed by atoms with Crippen LogP contribution in [0, 0.1) is 0 Å². The van der Waals surface area contributed by atoms with Crippen LogP contribution >= 0.6 is 15.9 Å². The quantitative estimate of drug-likeness (QED) is 0.906. The van der Waals surface area contributed by atoms with Gasteiger partial charge in [0, 0.05) is 42.8 Å². The Kier molecular flexibility index (Phi) is 4.06. The molecule has 21 heavy (non-hydrogen) atoms. The maximum Gasteiger partial charge on any atom is 0.270 e. The van der Waals surface area contributed by atoms with Gasteiger partial charge < -0.3 is 14.8 Å². The van der Waals surface area contributed by atoms with Crippen molar-refractivity contribution in [3.8, 4) is 0 Å². The van der Waals surface area contributed by atoms with E-state index in [1.165, 1.54) is 6.92 Å². The summed E-state index contributed by atoms with van der Waals surface area (Å²) in [4.78, 5) is 25.8. The molecule has 0 spiro atoms. The number of halogens is 1. The van der Waals surface area contributed by atoms with Gasteiger partial charge in [0.25, 0.3) is 5.91 Å². The fourth-order valence-electron chi connectivity index (χ4n) is 3.00. The molecular weight excluding hydrogens is 334 g/mol. The lowest BCUT2D eigenvalue weighted by molar-refractivity contribution is -0.120. The van der Waals surface area contributed by atoms with E-state index in [1.807, 2.05) is 17.2 Å². The van der Waals surface area contributed by atoms with Crippen molar-refractivity contribution < 1.29 is 9.59 Å². The van der Waals surface area contributed by atoms with Crippen molar-refractivity contribution in [1.29, 1.82) is 0 Å². The second kappa shape index (κ2) is 5.83. The lowest BCUT2D eigenvalue weighted by Gasteiger charge is -2.33. The van der Waals surface area contributed by atoms with Crippen LogP contribution in [0.2, 0.25) is 0 Å². The van der Waals surface area contributed by atoms with Crippen molar-refractivity contribution in [2.75, 3.05) is 13.1 Å². The van der Waals surface area contributed by atoms with E-state index >= 15 is 0 Å². The molecule has 2 fully saturated rings. The van der Waals surface area contributed by atoms with Crippen LogP contribution in [0.15, 0.2) is 16.7 Å². The fraction of sp³-hybridized carbons (Fsp3) is 0.600. The monoisotopic (exact) mass is 353 g/mol. The maximum atomic E-state index is 12.8. The molecule has 2 aliphatic rings. The Morgan fingerprint density at radius 1 is 1.33 bits per heavy atom. The molecule has 1 aromatic rings. The highest BCUT2D eigenvalue weighted by Gasteiger charge is 2.31. The van der Waals surface area contributed by atoms with Crippen molar-refractivity contribution in [2.45, 2.75) is 44.7 Å². The largest absolute Gasteiger partial charge is 0.352 e. The molecule has 114 valence electrons. The van der Waals surface area contributed by atoms with Crippen LogP contribution in [0.3, 0.4) is 0 Å². The molecule has 2 heterocycles. The zero-order valence-electron chi connectivity index (χ0n) is 12.1. The number of nitrogens with one attached hydrogen (secondary N) is 1. The molecule has 1 N–H and O–H groups in total. The van der Waals surface area contributed by atoms with Gasteiger partial charge in [0.05, 0.1) is 0 Å². The summed E-state index contributed by atoms with van der Waals surface area (Å²) in [6.07, 6.45) is 6.17. The molecule has 0 bridgehead atoms. The summed E-state index contributed by atoms with van der Waals surface area (Å²) in [7, 11) is 0. The van der Waals surface area contributed by atoms with Gasteiger partial charge in [-0.15, -0.1) is 0 Å². The van der Waals surface area contributed by atoms with Gasteiger partial charge >= 0.3 is 0 Å². The number of piperidine rings is 1. The normalized spacial score (nSPS) is 22.2. The molecule has 2 amide bonds. The second-order valence-electron chi connectivity index (χ2n) is 5.97. The standard InChI is InChI=1S/C15H20BrN3O2/c1-10(20)17-12-3-2-6-18(9-12)15(21)14-7-11(16)8-19(14)13-4-5-13/h7-8,12-13H,2-6,9H2,1H3,(H,17,20). The third-order valence-corrected chi connectivity index (χ3v) is 4.52. The van der Waals surface area contributed by atoms with Crippen LogP contribution in [0.4, 0.5) is 0 Å². The number of likely N-dealkylation sites (tertiary alicyclic amines) is 1. The van der Waals surface area contributed by atoms with E-state index < -0.39 is 0 Å². The minimum absolute atomic E-state index is 0.0293. The van der Waals surface area contributed by atoms with E-state index in [2.05, 4.69) is 25.8 Å². The first-order valence-corrected chi connectivity index (χ1v) is 8.27. The number of rotatable bonds is 3. The van der Waals surface area contributed by atoms with Gasteiger partial charge in [-0.1, -0.05) is 0 Å². The van der Waals surface area contributed by atoms with Crippen molar-refractivity contribution in [2.24, 2.45) is 0 Å². The predicted molar refractivity (Wildman–Crippen MR) is 83.1 cm³/mol. The van der Waals surface area contributed by atoms with E-state index in [4.69, 9.17) is 0 Å². The summed E-state index contributed by atoms with van der Waals surface area (Å²) in [5.41, 5.74) is 0.757. The third kappa shape index (κ3) is 3.31. The predicted octanol–water partition coefficient (Wildman–Crippen LogP) is 2.33. The van der Waals surface area contributed by atoms with Gasteiger partial charge in [-0.25, -0.2) is 0 Å². The van der Waals surface area contributed by atoms with Gasteiger partial charge in [-0.05, 0) is 47.7 Å². The third-order valence-electron chi connectivity index (χ3n) is 4.09. The highest BCUT2D eigenvalue weighted by Crippen LogP contribution is 2.37. The number of hydrogen-bond acceptors (Lipinski definition) is 2. The summed E-state index contributed by atoms with van der Waals surface area (Å²) in [6, 6.07) is 2.46. The maximum absolute atomic E-state index is 12.8. The van der Waals surface area contributed by atoms with Crippen LogP contribution in [0.25, 0.3) is 0 Å². The van der Waals surface area contributed by atoms with Gasteiger partial charge in [0.1, 0.15) is 5.69 Å². The first-order valence-electron chi connectivity index (χ1n) is 7.48. The fourth-order valence-corrected chi connectivity index (χ4v) is 3.44. The highest BCUT2D eigenvalue weighted by atomic mass is 79.9. The lowest BCUT2D eigenvalue weighted by Crippen LogP contribution is -2.49. The molecule has 1 atom stereocenters. The molecular formula is C15H20BrN3O2. The number of aromatic nitrogens is 1. The highest BCUT2D eigenvalue weighted by molar-refractivity contribution is 9.10. The van der Waals surface area contributed by atoms with Crippen molar-refractivity contribution in [1.82, 2.24) is 14.8 Å². The Bertz CT molecular complexity index is 565. The Labute approximate surface area is 132 Å². The van der Waals surface area contributed by atoms with Crippen LogP contribution in [-0.4, -0.2) is 40.4 Å². The van der Waals surface area contributed by atoms with Gasteiger partial charge in [0.15, 0.2) is 0 Å². The molecule has 0 aromatic carbocycles. The average molecular weight is 354 g/mol. The number of amides is 2. The number of hydrogen-bond donors (Lipinski definition) is 1. The Balaban J connectivity index is 1.74. The summed E-state index contributed by atoms with van der Waals surface area (Å²) >= 11 is 3.47. The molecule has 6 heteroatoms. The second-order valence-corrected chi connectivity index (χ2v) is 6.89. The Hall–Kier alpha value is -1.30. The van der Waals surface area contributed by atoms with Crippen LogP contribution in [-0.2, 0) is 4.79 Å². The average Bonchev–Trinajstić information content (AvgIpc) is 3.20. The van der Waals surface area contributed by atoms with Gasteiger partial charge in [-0.3, -0.25) is 9.59 Å². The smallest absolute Gasteiger partial charge is 0.270 e. The lowest BCUT2D eigenvalue weighted by atomic mass is 10.1. The van der Waals surface area contributed by atoms with Crippen molar-refractivity contribution in [3.05, 3.63) is 22.4 Å². The minimum atomic E-state index is -0.0293. The van der Waals surface area contributed by atoms with Crippen molar-refractivity contribution >= 4 is 27.7 Å². The van der Waals surface area contributed by atoms with E-state index in [9.17, 15) is 9.59 Å². The first-order chi connectivity index (χ1) is 10.0. The van der Waals surface area contributed by atoms with E-state index in [0.29, 0.717) is 12.6 Å². The SMILES string of the molecule is CC(=O)NC1CCCN(C(=O)c2cc(Br)cn2C2CC2)C1. The molecule has 1 unspecified atom stereocenters. The van der Waals surface area contributed by atoms with Gasteiger partial charge in [0.2, 0.25) is 5.91 Å². The first kappa shape index (κ1) is 14.6. The number of nitrogens with zero attached hydrogens (tertiary/aromatic N) is 2. The van der Waals surface area contributed by atoms with Crippen LogP contribution in [0.5, 0.6) is 0 Å². The summed E-state index contributed by atoms with van der Waals surface area (Å²) < 4.78 is 3.04. The molecule has 5 nitrogen and oxygen atoms in total. The molecule has 1 saturated carbocycles. The summed E-state index contributed by atoms with van der Waals surface area (Å²) in [5.74, 6) is 0.0426. The molecule has 3 rings (SSSR count). The van der Waals surface area contributed by atoms with Crippen LogP contribution < -0.4 is 5.32 Å². The summed E-state index contributed by atoms with van der Waals surface area (Å²) in [6.45, 7) is 2.89.